The van der Waals surface area contributed by atoms with Gasteiger partial charge in [-0.3, -0.25) is 0 Å². The minimum atomic E-state index is -0.454. The second-order valence-electron chi connectivity index (χ2n) is 5.87. The predicted octanol–water partition coefficient (Wildman–Crippen LogP) is 1.78. The zero-order valence-electron chi connectivity index (χ0n) is 11.8. The average Bonchev–Trinajstić information content (AvgIpc) is 2.18. The topological polar surface area (TPSA) is 59.0 Å². The van der Waals surface area contributed by atoms with Gasteiger partial charge in [0, 0.05) is 20.2 Å². The Kier molecular flexibility index (Phi) is 5.41. The first-order valence-electron chi connectivity index (χ1n) is 6.51. The molecule has 0 saturated heterocycles. The second kappa shape index (κ2) is 6.38. The third-order valence-electron chi connectivity index (χ3n) is 2.77. The van der Waals surface area contributed by atoms with E-state index >= 15 is 0 Å². The summed E-state index contributed by atoms with van der Waals surface area (Å²) in [6.07, 6.45) is 1.97. The van der Waals surface area contributed by atoms with Crippen molar-refractivity contribution >= 4 is 6.09 Å². The number of aliphatic hydroxyl groups is 1. The summed E-state index contributed by atoms with van der Waals surface area (Å²) in [6.45, 7) is 6.78. The van der Waals surface area contributed by atoms with E-state index in [1.807, 2.05) is 20.8 Å². The lowest BCUT2D eigenvalue weighted by molar-refractivity contribution is -0.0719. The monoisotopic (exact) mass is 259 g/mol. The number of hydrogen-bond acceptors (Lipinski definition) is 4. The Labute approximate surface area is 109 Å². The fraction of sp³-hybridized carbons (Fsp3) is 0.923. The maximum Gasteiger partial charge on any atom is 0.410 e. The molecule has 0 unspecified atom stereocenters. The number of aliphatic hydroxyl groups excluding tert-OH is 1. The van der Waals surface area contributed by atoms with Crippen LogP contribution in [0.25, 0.3) is 0 Å². The van der Waals surface area contributed by atoms with E-state index in [4.69, 9.17) is 14.6 Å². The normalized spacial score (nSPS) is 23.4. The lowest BCUT2D eigenvalue weighted by Gasteiger charge is -2.31. The van der Waals surface area contributed by atoms with E-state index in [1.165, 1.54) is 0 Å². The van der Waals surface area contributed by atoms with E-state index in [0.717, 1.165) is 19.3 Å². The third-order valence-corrected chi connectivity index (χ3v) is 2.77. The summed E-state index contributed by atoms with van der Waals surface area (Å²) in [6, 6.07) is 0. The molecule has 1 N–H and O–H groups in total. The Morgan fingerprint density at radius 2 is 2.00 bits per heavy atom. The molecule has 106 valence electrons. The molecule has 18 heavy (non-hydrogen) atoms. The molecule has 1 aliphatic carbocycles. The summed E-state index contributed by atoms with van der Waals surface area (Å²) in [7, 11) is 1.72. The van der Waals surface area contributed by atoms with Gasteiger partial charge in [0.05, 0.1) is 12.2 Å². The van der Waals surface area contributed by atoms with E-state index in [1.54, 1.807) is 11.9 Å². The van der Waals surface area contributed by atoms with E-state index < -0.39 is 5.60 Å². The molecule has 0 spiro atoms. The van der Waals surface area contributed by atoms with Crippen LogP contribution in [0.3, 0.4) is 0 Å². The molecule has 0 aromatic heterocycles. The first-order chi connectivity index (χ1) is 8.28. The first-order valence-corrected chi connectivity index (χ1v) is 6.51. The quantitative estimate of drug-likeness (QED) is 0.765. The van der Waals surface area contributed by atoms with Crippen molar-refractivity contribution in [3.8, 4) is 0 Å². The molecule has 1 rings (SSSR count). The van der Waals surface area contributed by atoms with Gasteiger partial charge in [-0.15, -0.1) is 0 Å². The van der Waals surface area contributed by atoms with Crippen molar-refractivity contribution in [3.05, 3.63) is 0 Å². The number of nitrogens with zero attached hydrogens (tertiary/aromatic N) is 1. The Morgan fingerprint density at radius 1 is 1.39 bits per heavy atom. The summed E-state index contributed by atoms with van der Waals surface area (Å²) >= 11 is 0. The molecule has 1 aliphatic rings. The maximum atomic E-state index is 11.6. The zero-order valence-corrected chi connectivity index (χ0v) is 11.8. The van der Waals surface area contributed by atoms with Crippen LogP contribution in [-0.2, 0) is 9.47 Å². The number of amides is 1. The molecule has 0 aliphatic heterocycles. The van der Waals surface area contributed by atoms with Crippen molar-refractivity contribution < 1.29 is 19.4 Å². The standard InChI is InChI=1S/C13H25NO4/c1-13(2,3)18-12(16)14(4)6-5-7-17-11-8-10(15)9-11/h10-11,15H,5-9H2,1-4H3/t10-,11-. The molecule has 0 aromatic carbocycles. The van der Waals surface area contributed by atoms with E-state index in [-0.39, 0.29) is 18.3 Å². The molecule has 0 radical (unpaired) electrons. The number of carbonyl (C=O) groups is 1. The van der Waals surface area contributed by atoms with Gasteiger partial charge >= 0.3 is 6.09 Å². The second-order valence-corrected chi connectivity index (χ2v) is 5.87. The lowest BCUT2D eigenvalue weighted by Crippen LogP contribution is -2.37. The van der Waals surface area contributed by atoms with Gasteiger partial charge in [-0.25, -0.2) is 4.79 Å². The van der Waals surface area contributed by atoms with Gasteiger partial charge in [-0.05, 0) is 40.0 Å². The first kappa shape index (κ1) is 15.2. The van der Waals surface area contributed by atoms with Crippen molar-refractivity contribution in [1.82, 2.24) is 4.90 Å². The van der Waals surface area contributed by atoms with Crippen LogP contribution in [0, 0.1) is 0 Å². The smallest absolute Gasteiger partial charge is 0.410 e. The molecule has 0 heterocycles. The van der Waals surface area contributed by atoms with Crippen LogP contribution in [0.15, 0.2) is 0 Å². The predicted molar refractivity (Wildman–Crippen MR) is 68.5 cm³/mol. The summed E-state index contributed by atoms with van der Waals surface area (Å²) in [4.78, 5) is 13.2. The lowest BCUT2D eigenvalue weighted by atomic mass is 9.92. The van der Waals surface area contributed by atoms with Crippen LogP contribution in [0.2, 0.25) is 0 Å². The van der Waals surface area contributed by atoms with Crippen LogP contribution < -0.4 is 0 Å². The Morgan fingerprint density at radius 3 is 2.50 bits per heavy atom. The van der Waals surface area contributed by atoms with Gasteiger partial charge in [0.2, 0.25) is 0 Å². The van der Waals surface area contributed by atoms with Crippen LogP contribution in [0.1, 0.15) is 40.0 Å². The summed E-state index contributed by atoms with van der Waals surface area (Å²) in [5.74, 6) is 0. The van der Waals surface area contributed by atoms with Crippen molar-refractivity contribution in [3.63, 3.8) is 0 Å². The number of carbonyl (C=O) groups excluding carboxylic acids is 1. The highest BCUT2D eigenvalue weighted by atomic mass is 16.6. The molecular formula is C13H25NO4. The van der Waals surface area contributed by atoms with E-state index in [2.05, 4.69) is 0 Å². The number of rotatable bonds is 5. The van der Waals surface area contributed by atoms with Gasteiger partial charge in [0.25, 0.3) is 0 Å². The maximum absolute atomic E-state index is 11.6. The summed E-state index contributed by atoms with van der Waals surface area (Å²) < 4.78 is 10.8. The van der Waals surface area contributed by atoms with Gasteiger partial charge < -0.3 is 19.5 Å². The fourth-order valence-corrected chi connectivity index (χ4v) is 1.66. The number of hydrogen-bond donors (Lipinski definition) is 1. The molecule has 0 bridgehead atoms. The van der Waals surface area contributed by atoms with Gasteiger partial charge in [-0.1, -0.05) is 0 Å². The van der Waals surface area contributed by atoms with Crippen molar-refractivity contribution in [2.24, 2.45) is 0 Å². The van der Waals surface area contributed by atoms with Crippen LogP contribution in [-0.4, -0.2) is 54.1 Å². The molecule has 0 aromatic rings. The Balaban J connectivity index is 2.05. The molecule has 5 nitrogen and oxygen atoms in total. The zero-order chi connectivity index (χ0) is 13.8. The van der Waals surface area contributed by atoms with Crippen LogP contribution in [0.5, 0.6) is 0 Å². The Bertz CT molecular complexity index is 269. The SMILES string of the molecule is CN(CCCO[C@H]1C[C@H](O)C1)C(=O)OC(C)(C)C. The molecule has 1 fully saturated rings. The van der Waals surface area contributed by atoms with Crippen LogP contribution in [0.4, 0.5) is 4.79 Å². The molecular weight excluding hydrogens is 234 g/mol. The summed E-state index contributed by atoms with van der Waals surface area (Å²) in [5, 5.41) is 9.09. The van der Waals surface area contributed by atoms with Gasteiger partial charge in [0.15, 0.2) is 0 Å². The molecule has 1 saturated carbocycles. The minimum absolute atomic E-state index is 0.181. The highest BCUT2D eigenvalue weighted by Gasteiger charge is 2.27. The molecule has 5 heteroatoms. The average molecular weight is 259 g/mol. The largest absolute Gasteiger partial charge is 0.444 e. The Hall–Kier alpha value is -0.810. The van der Waals surface area contributed by atoms with Crippen molar-refractivity contribution in [2.75, 3.05) is 20.2 Å². The van der Waals surface area contributed by atoms with E-state index in [0.29, 0.717) is 13.2 Å². The molecule has 0 atom stereocenters. The molecule has 1 amide bonds. The number of ether oxygens (including phenoxy) is 2. The van der Waals surface area contributed by atoms with Crippen molar-refractivity contribution in [2.45, 2.75) is 57.8 Å². The van der Waals surface area contributed by atoms with Gasteiger partial charge in [0.1, 0.15) is 5.60 Å². The summed E-state index contributed by atoms with van der Waals surface area (Å²) in [5.41, 5.74) is -0.454. The third kappa shape index (κ3) is 5.69. The minimum Gasteiger partial charge on any atom is -0.444 e. The fourth-order valence-electron chi connectivity index (χ4n) is 1.66. The van der Waals surface area contributed by atoms with Crippen molar-refractivity contribution in [1.29, 1.82) is 0 Å². The van der Waals surface area contributed by atoms with Crippen LogP contribution >= 0.6 is 0 Å². The highest BCUT2D eigenvalue weighted by Crippen LogP contribution is 2.22. The van der Waals surface area contributed by atoms with E-state index in [9.17, 15) is 4.79 Å². The van der Waals surface area contributed by atoms with Gasteiger partial charge in [-0.2, -0.15) is 0 Å². The highest BCUT2D eigenvalue weighted by molar-refractivity contribution is 5.67.